The molecule has 0 radical (unpaired) electrons. The molecule has 0 amide bonds. The highest BCUT2D eigenvalue weighted by atomic mass is 16.3. The molecule has 2 aromatic heterocycles. The number of nitrogens with zero attached hydrogens (tertiary/aromatic N) is 2. The number of fused-ring (bicyclic) bond motifs is 6. The van der Waals surface area contributed by atoms with Crippen LogP contribution in [-0.2, 0) is 0 Å². The van der Waals surface area contributed by atoms with Gasteiger partial charge in [0.15, 0.2) is 0 Å². The van der Waals surface area contributed by atoms with E-state index in [0.29, 0.717) is 6.42 Å². The minimum Gasteiger partial charge on any atom is -0.456 e. The lowest BCUT2D eigenvalue weighted by molar-refractivity contribution is 0.575. The number of benzene rings is 4. The van der Waals surface area contributed by atoms with E-state index >= 15 is 0 Å². The highest BCUT2D eigenvalue weighted by Gasteiger charge is 2.29. The SMILES string of the molecule is CC1(C#N)C=C(c2ccc3c(c2)oc2ccccc23)C(n2c3ccccc3c3ccccc32)=CC1. The van der Waals surface area contributed by atoms with E-state index in [1.165, 1.54) is 10.8 Å². The summed E-state index contributed by atoms with van der Waals surface area (Å²) < 4.78 is 8.55. The second-order valence-electron chi connectivity index (χ2n) is 9.56. The fourth-order valence-corrected chi connectivity index (χ4v) is 5.47. The number of rotatable bonds is 2. The lowest BCUT2D eigenvalue weighted by atomic mass is 9.79. The summed E-state index contributed by atoms with van der Waals surface area (Å²) >= 11 is 0. The highest BCUT2D eigenvalue weighted by molar-refractivity contribution is 6.15. The van der Waals surface area contributed by atoms with Crippen LogP contribution < -0.4 is 0 Å². The van der Waals surface area contributed by atoms with E-state index in [2.05, 4.69) is 95.6 Å². The summed E-state index contributed by atoms with van der Waals surface area (Å²) in [6, 6.07) is 34.1. The topological polar surface area (TPSA) is 41.9 Å². The quantitative estimate of drug-likeness (QED) is 0.265. The molecule has 3 heteroatoms. The van der Waals surface area contributed by atoms with Gasteiger partial charge in [0.1, 0.15) is 11.2 Å². The third-order valence-electron chi connectivity index (χ3n) is 7.22. The Labute approximate surface area is 202 Å². The van der Waals surface area contributed by atoms with Crippen LogP contribution in [0.5, 0.6) is 0 Å². The fourth-order valence-electron chi connectivity index (χ4n) is 5.47. The molecule has 0 aliphatic heterocycles. The first kappa shape index (κ1) is 19.9. The van der Waals surface area contributed by atoms with Crippen LogP contribution in [-0.4, -0.2) is 4.57 Å². The average Bonchev–Trinajstić information content (AvgIpc) is 3.44. The van der Waals surface area contributed by atoms with E-state index in [9.17, 15) is 5.26 Å². The first-order valence-corrected chi connectivity index (χ1v) is 11.9. The molecule has 35 heavy (non-hydrogen) atoms. The average molecular weight is 451 g/mol. The normalized spacial score (nSPS) is 18.2. The van der Waals surface area contributed by atoms with Crippen molar-refractivity contribution in [3.8, 4) is 6.07 Å². The Morgan fingerprint density at radius 2 is 1.40 bits per heavy atom. The van der Waals surface area contributed by atoms with E-state index in [1.54, 1.807) is 0 Å². The Hall–Kier alpha value is -4.55. The summed E-state index contributed by atoms with van der Waals surface area (Å²) in [5.74, 6) is 0. The standard InChI is InChI=1S/C32H22N2O/c1-32(20-33)17-16-29(34-27-11-5-2-8-22(27)23-9-3-6-12-28(23)34)26(19-32)21-14-15-25-24-10-4-7-13-30(24)35-31(25)18-21/h2-16,18-19H,17H2,1H3. The molecule has 1 atom stereocenters. The number of para-hydroxylation sites is 3. The summed E-state index contributed by atoms with van der Waals surface area (Å²) in [6.07, 6.45) is 5.02. The van der Waals surface area contributed by atoms with Gasteiger partial charge in [-0.3, -0.25) is 0 Å². The van der Waals surface area contributed by atoms with Crippen molar-refractivity contribution in [1.29, 1.82) is 5.26 Å². The summed E-state index contributed by atoms with van der Waals surface area (Å²) in [6.45, 7) is 2.01. The molecule has 0 N–H and O–H groups in total. The van der Waals surface area contributed by atoms with E-state index in [0.717, 1.165) is 49.8 Å². The third kappa shape index (κ3) is 2.90. The molecular weight excluding hydrogens is 428 g/mol. The molecule has 3 nitrogen and oxygen atoms in total. The van der Waals surface area contributed by atoms with Gasteiger partial charge in [-0.2, -0.15) is 5.26 Å². The Morgan fingerprint density at radius 1 is 0.771 bits per heavy atom. The van der Waals surface area contributed by atoms with Gasteiger partial charge < -0.3 is 8.98 Å². The van der Waals surface area contributed by atoms with Gasteiger partial charge >= 0.3 is 0 Å². The van der Waals surface area contributed by atoms with Gasteiger partial charge in [-0.05, 0) is 49.2 Å². The molecule has 0 bridgehead atoms. The second kappa shape index (κ2) is 7.22. The van der Waals surface area contributed by atoms with Crippen molar-refractivity contribution in [2.45, 2.75) is 13.3 Å². The number of allylic oxidation sites excluding steroid dienone is 4. The Kier molecular flexibility index (Phi) is 4.10. The first-order valence-electron chi connectivity index (χ1n) is 11.9. The zero-order valence-corrected chi connectivity index (χ0v) is 19.3. The number of hydrogen-bond acceptors (Lipinski definition) is 2. The molecule has 1 unspecified atom stereocenters. The third-order valence-corrected chi connectivity index (χ3v) is 7.22. The van der Waals surface area contributed by atoms with Gasteiger partial charge in [0.05, 0.1) is 22.5 Å². The van der Waals surface area contributed by atoms with Gasteiger partial charge in [0.25, 0.3) is 0 Å². The fraction of sp³-hybridized carbons (Fsp3) is 0.0938. The maximum absolute atomic E-state index is 9.99. The predicted octanol–water partition coefficient (Wildman–Crippen LogP) is 8.55. The van der Waals surface area contributed by atoms with Gasteiger partial charge in [-0.25, -0.2) is 0 Å². The van der Waals surface area contributed by atoms with Crippen LogP contribution in [0.4, 0.5) is 0 Å². The van der Waals surface area contributed by atoms with Crippen LogP contribution in [0.25, 0.3) is 55.0 Å². The monoisotopic (exact) mass is 450 g/mol. The predicted molar refractivity (Wildman–Crippen MR) is 144 cm³/mol. The second-order valence-corrected chi connectivity index (χ2v) is 9.56. The molecule has 1 aliphatic carbocycles. The van der Waals surface area contributed by atoms with Crippen molar-refractivity contribution < 1.29 is 4.42 Å². The summed E-state index contributed by atoms with van der Waals surface area (Å²) in [4.78, 5) is 0. The van der Waals surface area contributed by atoms with Crippen molar-refractivity contribution in [1.82, 2.24) is 4.57 Å². The Bertz CT molecular complexity index is 1850. The van der Waals surface area contributed by atoms with E-state index in [-0.39, 0.29) is 0 Å². The van der Waals surface area contributed by atoms with Gasteiger partial charge in [0.2, 0.25) is 0 Å². The van der Waals surface area contributed by atoms with Crippen molar-refractivity contribution in [2.24, 2.45) is 5.41 Å². The van der Waals surface area contributed by atoms with Gasteiger partial charge in [-0.1, -0.05) is 72.8 Å². The van der Waals surface area contributed by atoms with Crippen molar-refractivity contribution in [3.63, 3.8) is 0 Å². The minimum absolute atomic E-state index is 0.569. The minimum atomic E-state index is -0.569. The molecule has 0 saturated carbocycles. The van der Waals surface area contributed by atoms with E-state index in [1.807, 2.05) is 25.1 Å². The summed E-state index contributed by atoms with van der Waals surface area (Å²) in [5.41, 5.74) is 6.70. The lowest BCUT2D eigenvalue weighted by Crippen LogP contribution is -2.16. The molecule has 4 aromatic carbocycles. The zero-order valence-electron chi connectivity index (χ0n) is 19.3. The van der Waals surface area contributed by atoms with Crippen molar-refractivity contribution >= 4 is 55.0 Å². The largest absolute Gasteiger partial charge is 0.456 e. The number of aromatic nitrogens is 1. The summed E-state index contributed by atoms with van der Waals surface area (Å²) in [7, 11) is 0. The van der Waals surface area contributed by atoms with Crippen LogP contribution in [0.2, 0.25) is 0 Å². The molecule has 6 aromatic rings. The number of hydrogen-bond donors (Lipinski definition) is 0. The molecular formula is C32H22N2O. The van der Waals surface area contributed by atoms with Crippen molar-refractivity contribution in [3.05, 3.63) is 109 Å². The zero-order chi connectivity index (χ0) is 23.6. The molecule has 2 heterocycles. The number of nitriles is 1. The van der Waals surface area contributed by atoms with E-state index < -0.39 is 5.41 Å². The van der Waals surface area contributed by atoms with E-state index in [4.69, 9.17) is 4.42 Å². The van der Waals surface area contributed by atoms with Gasteiger partial charge in [0, 0.05) is 32.8 Å². The maximum atomic E-state index is 9.99. The van der Waals surface area contributed by atoms with Crippen LogP contribution in [0, 0.1) is 16.7 Å². The Morgan fingerprint density at radius 3 is 2.11 bits per heavy atom. The lowest BCUT2D eigenvalue weighted by Gasteiger charge is -2.27. The molecule has 0 saturated heterocycles. The van der Waals surface area contributed by atoms with Crippen molar-refractivity contribution in [2.75, 3.05) is 0 Å². The smallest absolute Gasteiger partial charge is 0.136 e. The molecule has 166 valence electrons. The maximum Gasteiger partial charge on any atom is 0.136 e. The molecule has 0 fully saturated rings. The van der Waals surface area contributed by atoms with Crippen LogP contribution >= 0.6 is 0 Å². The summed E-state index contributed by atoms with van der Waals surface area (Å²) in [5, 5.41) is 14.7. The van der Waals surface area contributed by atoms with Crippen LogP contribution in [0.15, 0.2) is 108 Å². The van der Waals surface area contributed by atoms with Crippen LogP contribution in [0.1, 0.15) is 18.9 Å². The Balaban J connectivity index is 1.50. The molecule has 7 rings (SSSR count). The first-order chi connectivity index (χ1) is 17.1. The highest BCUT2D eigenvalue weighted by Crippen LogP contribution is 2.44. The number of furan rings is 1. The molecule has 0 spiro atoms. The van der Waals surface area contributed by atoms with Crippen LogP contribution in [0.3, 0.4) is 0 Å². The van der Waals surface area contributed by atoms with Gasteiger partial charge in [-0.15, -0.1) is 0 Å². The molecule has 1 aliphatic rings.